The highest BCUT2D eigenvalue weighted by molar-refractivity contribution is 5.89. The van der Waals surface area contributed by atoms with Gasteiger partial charge in [-0.2, -0.15) is 8.78 Å². The summed E-state index contributed by atoms with van der Waals surface area (Å²) in [6, 6.07) is 18.9. The molecule has 1 heterocycles. The summed E-state index contributed by atoms with van der Waals surface area (Å²) in [4.78, 5) is 30.3. The van der Waals surface area contributed by atoms with Crippen LogP contribution < -0.4 is 15.0 Å². The fraction of sp³-hybridized carbons (Fsp3) is 0.160. The molecule has 0 amide bonds. The summed E-state index contributed by atoms with van der Waals surface area (Å²) in [6.45, 7) is -0.872. The minimum absolute atomic E-state index is 0.0768. The number of halogens is 2. The van der Waals surface area contributed by atoms with Crippen LogP contribution in [0.3, 0.4) is 0 Å². The van der Waals surface area contributed by atoms with Crippen molar-refractivity contribution in [1.82, 2.24) is 9.55 Å². The van der Waals surface area contributed by atoms with Crippen LogP contribution in [-0.2, 0) is 11.3 Å². The lowest BCUT2D eigenvalue weighted by Crippen LogP contribution is -2.25. The Kier molecular flexibility index (Phi) is 6.82. The minimum atomic E-state index is -2.96. The minimum Gasteiger partial charge on any atom is -0.494 e. The maximum absolute atomic E-state index is 13.3. The topological polar surface area (TPSA) is 79.7 Å². The van der Waals surface area contributed by atoms with Crippen LogP contribution in [-0.4, -0.2) is 28.7 Å². The Bertz CT molecular complexity index is 1350. The van der Waals surface area contributed by atoms with Gasteiger partial charge in [-0.05, 0) is 67.6 Å². The molecule has 0 atom stereocenters. The number of esters is 1. The van der Waals surface area contributed by atoms with Gasteiger partial charge < -0.3 is 14.2 Å². The van der Waals surface area contributed by atoms with Crippen molar-refractivity contribution in [3.05, 3.63) is 94.5 Å². The summed E-state index contributed by atoms with van der Waals surface area (Å²) in [5, 5.41) is 0.418. The number of nitrogens with zero attached hydrogens (tertiary/aromatic N) is 2. The van der Waals surface area contributed by atoms with E-state index in [0.717, 1.165) is 0 Å². The van der Waals surface area contributed by atoms with Gasteiger partial charge in [-0.1, -0.05) is 12.1 Å². The van der Waals surface area contributed by atoms with Crippen LogP contribution in [0.5, 0.6) is 11.5 Å². The molecule has 0 fully saturated rings. The van der Waals surface area contributed by atoms with Gasteiger partial charge in [0.05, 0.1) is 28.8 Å². The maximum atomic E-state index is 13.3. The molecule has 4 aromatic rings. The molecule has 0 radical (unpaired) electrons. The highest BCUT2D eigenvalue weighted by Gasteiger charge is 2.16. The number of aromatic nitrogens is 2. The molecule has 0 aliphatic rings. The van der Waals surface area contributed by atoms with Gasteiger partial charge in [0, 0.05) is 0 Å². The van der Waals surface area contributed by atoms with Crippen molar-refractivity contribution in [3.63, 3.8) is 0 Å². The number of rotatable bonds is 8. The molecule has 0 aliphatic heterocycles. The summed E-state index contributed by atoms with van der Waals surface area (Å²) in [5.74, 6) is 0.0930. The van der Waals surface area contributed by atoms with Crippen molar-refractivity contribution in [2.24, 2.45) is 0 Å². The lowest BCUT2D eigenvalue weighted by Gasteiger charge is -2.14. The fourth-order valence-electron chi connectivity index (χ4n) is 3.39. The smallest absolute Gasteiger partial charge is 0.387 e. The number of ether oxygens (including phenoxy) is 3. The predicted molar refractivity (Wildman–Crippen MR) is 121 cm³/mol. The van der Waals surface area contributed by atoms with Crippen LogP contribution in [0, 0.1) is 0 Å². The van der Waals surface area contributed by atoms with Gasteiger partial charge in [0.15, 0.2) is 5.82 Å². The van der Waals surface area contributed by atoms with Crippen LogP contribution in [0.4, 0.5) is 8.78 Å². The van der Waals surface area contributed by atoms with E-state index in [4.69, 9.17) is 9.47 Å². The van der Waals surface area contributed by atoms with Crippen molar-refractivity contribution >= 4 is 16.9 Å². The predicted octanol–water partition coefficient (Wildman–Crippen LogP) is 4.74. The number of hydrogen-bond donors (Lipinski definition) is 0. The van der Waals surface area contributed by atoms with Crippen LogP contribution in [0.1, 0.15) is 23.1 Å². The maximum Gasteiger partial charge on any atom is 0.387 e. The third-order valence-corrected chi connectivity index (χ3v) is 4.90. The standard InChI is InChI=1S/C25H20F2N2O5/c1-2-32-18-13-9-17(10-14-18)29-22(28-21-6-4-3-5-20(21)23(29)30)15-33-24(31)16-7-11-19(12-8-16)34-25(26)27/h3-14,25H,2,15H2,1H3. The fourth-order valence-corrected chi connectivity index (χ4v) is 3.39. The summed E-state index contributed by atoms with van der Waals surface area (Å²) < 4.78 is 41.1. The summed E-state index contributed by atoms with van der Waals surface area (Å²) in [7, 11) is 0. The summed E-state index contributed by atoms with van der Waals surface area (Å²) in [5.41, 5.74) is 0.826. The molecule has 0 unspecified atom stereocenters. The highest BCUT2D eigenvalue weighted by Crippen LogP contribution is 2.19. The molecule has 9 heteroatoms. The Morgan fingerprint density at radius 3 is 2.32 bits per heavy atom. The zero-order valence-electron chi connectivity index (χ0n) is 18.1. The number of para-hydroxylation sites is 1. The van der Waals surface area contributed by atoms with E-state index in [1.165, 1.54) is 28.8 Å². The van der Waals surface area contributed by atoms with Crippen molar-refractivity contribution in [2.75, 3.05) is 6.61 Å². The SMILES string of the molecule is CCOc1ccc(-n2c(COC(=O)c3ccc(OC(F)F)cc3)nc3ccccc3c2=O)cc1. The molecule has 1 aromatic heterocycles. The molecule has 34 heavy (non-hydrogen) atoms. The molecule has 0 saturated heterocycles. The largest absolute Gasteiger partial charge is 0.494 e. The second-order valence-corrected chi connectivity index (χ2v) is 7.09. The Hall–Kier alpha value is -4.27. The Morgan fingerprint density at radius 2 is 1.65 bits per heavy atom. The van der Waals surface area contributed by atoms with Crippen molar-refractivity contribution in [3.8, 4) is 17.2 Å². The van der Waals surface area contributed by atoms with Gasteiger partial charge in [-0.15, -0.1) is 0 Å². The average molecular weight is 466 g/mol. The van der Waals surface area contributed by atoms with E-state index >= 15 is 0 Å². The van der Waals surface area contributed by atoms with E-state index in [9.17, 15) is 18.4 Å². The second-order valence-electron chi connectivity index (χ2n) is 7.09. The van der Waals surface area contributed by atoms with E-state index in [1.54, 1.807) is 48.5 Å². The lowest BCUT2D eigenvalue weighted by atomic mass is 10.2. The summed E-state index contributed by atoms with van der Waals surface area (Å²) >= 11 is 0. The monoisotopic (exact) mass is 466 g/mol. The lowest BCUT2D eigenvalue weighted by molar-refractivity contribution is -0.0498. The van der Waals surface area contributed by atoms with Crippen molar-refractivity contribution in [2.45, 2.75) is 20.1 Å². The number of hydrogen-bond acceptors (Lipinski definition) is 6. The molecule has 0 aliphatic carbocycles. The van der Waals surface area contributed by atoms with E-state index in [1.807, 2.05) is 6.92 Å². The third-order valence-electron chi connectivity index (χ3n) is 4.90. The Morgan fingerprint density at radius 1 is 0.971 bits per heavy atom. The highest BCUT2D eigenvalue weighted by atomic mass is 19.3. The molecule has 0 saturated carbocycles. The first-order valence-electron chi connectivity index (χ1n) is 10.4. The van der Waals surface area contributed by atoms with E-state index in [0.29, 0.717) is 28.9 Å². The number of benzene rings is 3. The van der Waals surface area contributed by atoms with Gasteiger partial charge in [0.1, 0.15) is 18.1 Å². The van der Waals surface area contributed by atoms with Crippen LogP contribution in [0.25, 0.3) is 16.6 Å². The Labute approximate surface area is 193 Å². The zero-order valence-corrected chi connectivity index (χ0v) is 18.1. The molecule has 3 aromatic carbocycles. The van der Waals surface area contributed by atoms with Gasteiger partial charge in [-0.3, -0.25) is 9.36 Å². The van der Waals surface area contributed by atoms with Crippen LogP contribution in [0.2, 0.25) is 0 Å². The van der Waals surface area contributed by atoms with Gasteiger partial charge >= 0.3 is 12.6 Å². The Balaban J connectivity index is 1.64. The summed E-state index contributed by atoms with van der Waals surface area (Å²) in [6.07, 6.45) is 0. The number of alkyl halides is 2. The quantitative estimate of drug-likeness (QED) is 0.349. The third kappa shape index (κ3) is 5.03. The van der Waals surface area contributed by atoms with Crippen molar-refractivity contribution in [1.29, 1.82) is 0 Å². The molecule has 0 bridgehead atoms. The average Bonchev–Trinajstić information content (AvgIpc) is 2.84. The molecular weight excluding hydrogens is 446 g/mol. The van der Waals surface area contributed by atoms with Crippen molar-refractivity contribution < 1.29 is 27.8 Å². The molecule has 0 N–H and O–H groups in total. The second kappa shape index (κ2) is 10.1. The molecule has 7 nitrogen and oxygen atoms in total. The normalized spacial score (nSPS) is 10.9. The first-order chi connectivity index (χ1) is 16.5. The van der Waals surface area contributed by atoms with E-state index < -0.39 is 12.6 Å². The van der Waals surface area contributed by atoms with Crippen LogP contribution in [0.15, 0.2) is 77.6 Å². The molecular formula is C25H20F2N2O5. The molecule has 174 valence electrons. The molecule has 4 rings (SSSR count). The first-order valence-corrected chi connectivity index (χ1v) is 10.4. The van der Waals surface area contributed by atoms with Crippen LogP contribution >= 0.6 is 0 Å². The van der Waals surface area contributed by atoms with Gasteiger partial charge in [0.2, 0.25) is 0 Å². The zero-order chi connectivity index (χ0) is 24.1. The number of carbonyl (C=O) groups is 1. The van der Waals surface area contributed by atoms with E-state index in [2.05, 4.69) is 9.72 Å². The number of carbonyl (C=O) groups excluding carboxylic acids is 1. The van der Waals surface area contributed by atoms with Gasteiger partial charge in [0.25, 0.3) is 5.56 Å². The van der Waals surface area contributed by atoms with E-state index in [-0.39, 0.29) is 29.3 Å². The molecule has 0 spiro atoms. The first kappa shape index (κ1) is 22.9. The number of fused-ring (bicyclic) bond motifs is 1. The van der Waals surface area contributed by atoms with Gasteiger partial charge in [-0.25, -0.2) is 9.78 Å².